The van der Waals surface area contributed by atoms with E-state index in [0.29, 0.717) is 6.04 Å². The molecule has 1 heterocycles. The molecule has 0 bridgehead atoms. The Morgan fingerprint density at radius 1 is 1.54 bits per heavy atom. The van der Waals surface area contributed by atoms with Gasteiger partial charge in [0.1, 0.15) is 0 Å². The van der Waals surface area contributed by atoms with Crippen molar-refractivity contribution in [3.63, 3.8) is 0 Å². The van der Waals surface area contributed by atoms with Crippen molar-refractivity contribution in [1.82, 2.24) is 5.32 Å². The molecule has 1 unspecified atom stereocenters. The first-order valence-corrected chi connectivity index (χ1v) is 5.87. The van der Waals surface area contributed by atoms with Gasteiger partial charge in [0.2, 0.25) is 0 Å². The highest BCUT2D eigenvalue weighted by Gasteiger charge is 2.10. The second kappa shape index (κ2) is 6.11. The van der Waals surface area contributed by atoms with E-state index < -0.39 is 0 Å². The second-order valence-electron chi connectivity index (χ2n) is 2.83. The molecule has 1 aromatic heterocycles. The van der Waals surface area contributed by atoms with Crippen LogP contribution in [0, 0.1) is 0 Å². The van der Waals surface area contributed by atoms with Crippen molar-refractivity contribution in [3.05, 3.63) is 24.2 Å². The Hall–Kier alpha value is -0.410. The van der Waals surface area contributed by atoms with Gasteiger partial charge in [0.15, 0.2) is 0 Å². The van der Waals surface area contributed by atoms with Gasteiger partial charge in [0, 0.05) is 17.4 Å². The van der Waals surface area contributed by atoms with Gasteiger partial charge in [-0.1, -0.05) is 13.8 Å². The van der Waals surface area contributed by atoms with Crippen LogP contribution in [0.1, 0.15) is 25.5 Å². The number of hydrogen-bond donors (Lipinski definition) is 1. The van der Waals surface area contributed by atoms with Gasteiger partial charge >= 0.3 is 0 Å². The first-order valence-electron chi connectivity index (χ1n) is 4.71. The Morgan fingerprint density at radius 2 is 2.38 bits per heavy atom. The summed E-state index contributed by atoms with van der Waals surface area (Å²) in [6, 6.07) is 2.47. The maximum Gasteiger partial charge on any atom is 0.0950 e. The summed E-state index contributed by atoms with van der Waals surface area (Å²) in [6.45, 7) is 5.31. The normalized spacial score (nSPS) is 13.1. The summed E-state index contributed by atoms with van der Waals surface area (Å²) in [5.74, 6) is 2.28. The van der Waals surface area contributed by atoms with Gasteiger partial charge in [-0.15, -0.1) is 0 Å². The molecule has 1 aromatic rings. The molecular weight excluding hydrogens is 182 g/mol. The number of hydrogen-bond acceptors (Lipinski definition) is 3. The Kier molecular flexibility index (Phi) is 5.01. The third kappa shape index (κ3) is 3.44. The Balaban J connectivity index is 2.47. The van der Waals surface area contributed by atoms with Gasteiger partial charge in [0.05, 0.1) is 12.5 Å². The summed E-state index contributed by atoms with van der Waals surface area (Å²) < 4.78 is 5.07. The monoisotopic (exact) mass is 199 g/mol. The van der Waals surface area contributed by atoms with E-state index in [2.05, 4.69) is 19.2 Å². The molecule has 0 aliphatic rings. The van der Waals surface area contributed by atoms with Crippen molar-refractivity contribution in [1.29, 1.82) is 0 Å². The molecular formula is C10H17NOS. The molecule has 0 saturated heterocycles. The van der Waals surface area contributed by atoms with E-state index in [1.54, 1.807) is 6.26 Å². The van der Waals surface area contributed by atoms with E-state index in [1.165, 1.54) is 11.3 Å². The first-order chi connectivity index (χ1) is 6.38. The maximum atomic E-state index is 5.07. The fourth-order valence-electron chi connectivity index (χ4n) is 1.23. The summed E-state index contributed by atoms with van der Waals surface area (Å²) in [5.41, 5.74) is 1.25. The lowest BCUT2D eigenvalue weighted by Gasteiger charge is -2.14. The predicted molar refractivity (Wildman–Crippen MR) is 58.1 cm³/mol. The highest BCUT2D eigenvalue weighted by atomic mass is 32.2. The van der Waals surface area contributed by atoms with Gasteiger partial charge in [-0.25, -0.2) is 0 Å². The van der Waals surface area contributed by atoms with Crippen LogP contribution < -0.4 is 5.32 Å². The summed E-state index contributed by atoms with van der Waals surface area (Å²) in [5, 5.41) is 3.44. The molecule has 0 amide bonds. The van der Waals surface area contributed by atoms with E-state index >= 15 is 0 Å². The molecule has 0 fully saturated rings. The Bertz CT molecular complexity index is 211. The topological polar surface area (TPSA) is 25.2 Å². The van der Waals surface area contributed by atoms with Crippen LogP contribution in [0.15, 0.2) is 23.0 Å². The van der Waals surface area contributed by atoms with Gasteiger partial charge in [-0.3, -0.25) is 0 Å². The summed E-state index contributed by atoms with van der Waals surface area (Å²) in [6.07, 6.45) is 3.56. The van der Waals surface area contributed by atoms with Crippen molar-refractivity contribution in [2.45, 2.75) is 19.9 Å². The van der Waals surface area contributed by atoms with Crippen LogP contribution in [-0.4, -0.2) is 18.1 Å². The molecule has 0 saturated carbocycles. The molecule has 1 atom stereocenters. The molecule has 13 heavy (non-hydrogen) atoms. The molecule has 0 aliphatic heterocycles. The predicted octanol–water partition coefficient (Wildman–Crippen LogP) is 2.68. The Morgan fingerprint density at radius 3 is 2.92 bits per heavy atom. The van der Waals surface area contributed by atoms with Crippen LogP contribution in [0.3, 0.4) is 0 Å². The zero-order chi connectivity index (χ0) is 9.52. The summed E-state index contributed by atoms with van der Waals surface area (Å²) in [4.78, 5) is 0. The highest BCUT2D eigenvalue weighted by Crippen LogP contribution is 2.18. The third-order valence-corrected chi connectivity index (χ3v) is 2.86. The quantitative estimate of drug-likeness (QED) is 0.762. The highest BCUT2D eigenvalue weighted by molar-refractivity contribution is 7.99. The first kappa shape index (κ1) is 10.7. The van der Waals surface area contributed by atoms with Crippen LogP contribution >= 0.6 is 11.8 Å². The molecule has 0 aliphatic carbocycles. The minimum absolute atomic E-state index is 0.439. The van der Waals surface area contributed by atoms with Crippen LogP contribution in [0.5, 0.6) is 0 Å². The van der Waals surface area contributed by atoms with E-state index in [9.17, 15) is 0 Å². The third-order valence-electron chi connectivity index (χ3n) is 1.88. The molecule has 0 radical (unpaired) electrons. The van der Waals surface area contributed by atoms with Gasteiger partial charge in [-0.2, -0.15) is 11.8 Å². The van der Waals surface area contributed by atoms with Gasteiger partial charge < -0.3 is 9.73 Å². The fourth-order valence-corrected chi connectivity index (χ4v) is 2.01. The molecule has 74 valence electrons. The number of thioether (sulfide) groups is 1. The van der Waals surface area contributed by atoms with Crippen LogP contribution in [0.25, 0.3) is 0 Å². The van der Waals surface area contributed by atoms with Crippen LogP contribution in [-0.2, 0) is 0 Å². The minimum atomic E-state index is 0.439. The molecule has 0 spiro atoms. The molecule has 2 nitrogen and oxygen atoms in total. The number of nitrogens with one attached hydrogen (secondary N) is 1. The van der Waals surface area contributed by atoms with Crippen molar-refractivity contribution in [2.75, 3.05) is 18.1 Å². The lowest BCUT2D eigenvalue weighted by Crippen LogP contribution is -2.22. The SMILES string of the molecule is CCNC(CSCC)c1ccoc1. The molecule has 1 N–H and O–H groups in total. The number of furan rings is 1. The number of rotatable bonds is 6. The van der Waals surface area contributed by atoms with E-state index in [-0.39, 0.29) is 0 Å². The standard InChI is InChI=1S/C10H17NOS/c1-3-11-10(8-13-4-2)9-5-6-12-7-9/h5-7,10-11H,3-4,8H2,1-2H3. The van der Waals surface area contributed by atoms with Gasteiger partial charge in [-0.05, 0) is 18.4 Å². The summed E-state index contributed by atoms with van der Waals surface area (Å²) in [7, 11) is 0. The largest absolute Gasteiger partial charge is 0.472 e. The lowest BCUT2D eigenvalue weighted by atomic mass is 10.2. The van der Waals surface area contributed by atoms with E-state index in [4.69, 9.17) is 4.42 Å². The minimum Gasteiger partial charge on any atom is -0.472 e. The fraction of sp³-hybridized carbons (Fsp3) is 0.600. The molecule has 3 heteroatoms. The zero-order valence-corrected chi connectivity index (χ0v) is 9.06. The van der Waals surface area contributed by atoms with Crippen molar-refractivity contribution >= 4 is 11.8 Å². The maximum absolute atomic E-state index is 5.07. The Labute approximate surface area is 84.1 Å². The average Bonchev–Trinajstić information content (AvgIpc) is 2.65. The van der Waals surface area contributed by atoms with Crippen molar-refractivity contribution < 1.29 is 4.42 Å². The van der Waals surface area contributed by atoms with Crippen LogP contribution in [0.4, 0.5) is 0 Å². The van der Waals surface area contributed by atoms with Gasteiger partial charge in [0.25, 0.3) is 0 Å². The lowest BCUT2D eigenvalue weighted by molar-refractivity contribution is 0.548. The van der Waals surface area contributed by atoms with E-state index in [0.717, 1.165) is 12.3 Å². The van der Waals surface area contributed by atoms with E-state index in [1.807, 2.05) is 24.1 Å². The summed E-state index contributed by atoms with van der Waals surface area (Å²) >= 11 is 1.95. The zero-order valence-electron chi connectivity index (χ0n) is 8.25. The van der Waals surface area contributed by atoms with Crippen LogP contribution in [0.2, 0.25) is 0 Å². The molecule has 0 aromatic carbocycles. The molecule has 1 rings (SSSR count). The average molecular weight is 199 g/mol. The smallest absolute Gasteiger partial charge is 0.0950 e. The second-order valence-corrected chi connectivity index (χ2v) is 4.15. The van der Waals surface area contributed by atoms with Crippen molar-refractivity contribution in [2.24, 2.45) is 0 Å². The van der Waals surface area contributed by atoms with Crippen molar-refractivity contribution in [3.8, 4) is 0 Å².